The number of thioether (sulfide) groups is 1. The summed E-state index contributed by atoms with van der Waals surface area (Å²) in [6.45, 7) is 1.63. The van der Waals surface area contributed by atoms with Gasteiger partial charge < -0.3 is 4.90 Å². The van der Waals surface area contributed by atoms with E-state index >= 15 is 0 Å². The zero-order valence-electron chi connectivity index (χ0n) is 9.20. The molecule has 0 aromatic heterocycles. The molecule has 0 aromatic carbocycles. The highest BCUT2D eigenvalue weighted by atomic mass is 35.5. The molecule has 0 bridgehead atoms. The van der Waals surface area contributed by atoms with Crippen molar-refractivity contribution in [2.75, 3.05) is 32.3 Å². The molecule has 3 nitrogen and oxygen atoms in total. The normalized spacial score (nSPS) is 19.4. The fraction of sp³-hybridized carbons (Fsp3) is 0.800. The van der Waals surface area contributed by atoms with Gasteiger partial charge in [0.2, 0.25) is 5.91 Å². The maximum Gasteiger partial charge on any atom is 0.237 e. The first-order chi connectivity index (χ1) is 7.22. The van der Waals surface area contributed by atoms with E-state index in [0.717, 1.165) is 25.9 Å². The number of halogens is 1. The van der Waals surface area contributed by atoms with Crippen molar-refractivity contribution in [2.45, 2.75) is 12.8 Å². The summed E-state index contributed by atoms with van der Waals surface area (Å²) in [5.41, 5.74) is 0. The molecule has 0 aliphatic carbocycles. The van der Waals surface area contributed by atoms with Gasteiger partial charge in [-0.1, -0.05) is 0 Å². The first kappa shape index (κ1) is 12.8. The Bertz CT molecular complexity index is 250. The summed E-state index contributed by atoms with van der Waals surface area (Å²) in [7, 11) is 1.84. The summed E-state index contributed by atoms with van der Waals surface area (Å²) in [6, 6.07) is 0. The van der Waals surface area contributed by atoms with E-state index in [1.807, 2.05) is 11.9 Å². The highest BCUT2D eigenvalue weighted by Gasteiger charge is 2.24. The van der Waals surface area contributed by atoms with E-state index in [1.165, 1.54) is 5.04 Å². The van der Waals surface area contributed by atoms with E-state index in [0.29, 0.717) is 5.92 Å². The molecular formula is C10H17ClN2OS. The number of alkyl halides is 1. The molecular weight excluding hydrogens is 232 g/mol. The Kier molecular flexibility index (Phi) is 5.47. The van der Waals surface area contributed by atoms with Crippen molar-refractivity contribution in [2.24, 2.45) is 10.9 Å². The summed E-state index contributed by atoms with van der Waals surface area (Å²) in [4.78, 5) is 17.5. The molecule has 0 atom stereocenters. The maximum atomic E-state index is 11.3. The number of carbonyl (C=O) groups excluding carboxylic acids is 1. The van der Waals surface area contributed by atoms with Crippen molar-refractivity contribution in [3.8, 4) is 0 Å². The molecule has 0 aromatic rings. The van der Waals surface area contributed by atoms with E-state index in [2.05, 4.69) is 11.2 Å². The van der Waals surface area contributed by atoms with Crippen LogP contribution in [0, 0.1) is 5.92 Å². The van der Waals surface area contributed by atoms with Gasteiger partial charge in [-0.05, 0) is 19.1 Å². The second-order valence-corrected chi connectivity index (χ2v) is 4.65. The van der Waals surface area contributed by atoms with Crippen molar-refractivity contribution < 1.29 is 4.79 Å². The summed E-state index contributed by atoms with van der Waals surface area (Å²) < 4.78 is 0. The second kappa shape index (κ2) is 6.38. The van der Waals surface area contributed by atoms with Crippen molar-refractivity contribution in [3.05, 3.63) is 0 Å². The zero-order chi connectivity index (χ0) is 11.3. The van der Waals surface area contributed by atoms with Gasteiger partial charge in [0.15, 0.2) is 0 Å². The molecule has 5 heteroatoms. The van der Waals surface area contributed by atoms with Crippen LogP contribution in [0.25, 0.3) is 0 Å². The van der Waals surface area contributed by atoms with Gasteiger partial charge >= 0.3 is 0 Å². The van der Waals surface area contributed by atoms with Crippen LogP contribution in [-0.2, 0) is 4.79 Å². The Morgan fingerprint density at radius 3 is 2.53 bits per heavy atom. The topological polar surface area (TPSA) is 32.7 Å². The molecule has 1 amide bonds. The van der Waals surface area contributed by atoms with E-state index in [9.17, 15) is 4.79 Å². The molecule has 0 unspecified atom stereocenters. The van der Waals surface area contributed by atoms with Gasteiger partial charge in [0, 0.05) is 26.1 Å². The van der Waals surface area contributed by atoms with E-state index in [1.54, 1.807) is 11.8 Å². The fourth-order valence-corrected chi connectivity index (χ4v) is 2.82. The predicted octanol–water partition coefficient (Wildman–Crippen LogP) is 1.86. The van der Waals surface area contributed by atoms with Crippen LogP contribution in [0.4, 0.5) is 0 Å². The molecule has 1 aliphatic heterocycles. The number of aliphatic imine (C=N–C) groups is 1. The number of hydrogen-bond donors (Lipinski definition) is 0. The quantitative estimate of drug-likeness (QED) is 0.425. The van der Waals surface area contributed by atoms with Crippen LogP contribution in [0.1, 0.15) is 12.8 Å². The summed E-state index contributed by atoms with van der Waals surface area (Å²) in [5.74, 6) is 0.681. The number of amides is 1. The third-order valence-electron chi connectivity index (χ3n) is 2.74. The van der Waals surface area contributed by atoms with E-state index in [-0.39, 0.29) is 11.8 Å². The average Bonchev–Trinajstić information content (AvgIpc) is 2.30. The molecule has 0 spiro atoms. The number of carbonyl (C=O) groups is 1. The van der Waals surface area contributed by atoms with Gasteiger partial charge in [0.1, 0.15) is 5.88 Å². The van der Waals surface area contributed by atoms with Crippen molar-refractivity contribution in [1.82, 2.24) is 4.90 Å². The molecule has 0 saturated carbocycles. The summed E-state index contributed by atoms with van der Waals surface area (Å²) in [5, 5.41) is 1.20. The molecule has 15 heavy (non-hydrogen) atoms. The lowest BCUT2D eigenvalue weighted by molar-refractivity contribution is -0.129. The van der Waals surface area contributed by atoms with Crippen LogP contribution >= 0.6 is 23.4 Å². The zero-order valence-corrected chi connectivity index (χ0v) is 10.8. The second-order valence-electron chi connectivity index (χ2n) is 3.55. The SMILES string of the molecule is CN=C(SC)C1CCN(C(=O)CCl)CC1. The number of likely N-dealkylation sites (tertiary alicyclic amines) is 1. The molecule has 1 rings (SSSR count). The predicted molar refractivity (Wildman–Crippen MR) is 66.9 cm³/mol. The fourth-order valence-electron chi connectivity index (χ4n) is 1.90. The lowest BCUT2D eigenvalue weighted by atomic mass is 9.98. The van der Waals surface area contributed by atoms with Crippen LogP contribution in [0.5, 0.6) is 0 Å². The molecule has 86 valence electrons. The summed E-state index contributed by atoms with van der Waals surface area (Å²) >= 11 is 7.23. The smallest absolute Gasteiger partial charge is 0.237 e. The number of nitrogens with zero attached hydrogens (tertiary/aromatic N) is 2. The van der Waals surface area contributed by atoms with Gasteiger partial charge in [-0.15, -0.1) is 23.4 Å². The minimum Gasteiger partial charge on any atom is -0.342 e. The van der Waals surface area contributed by atoms with E-state index < -0.39 is 0 Å². The van der Waals surface area contributed by atoms with Crippen molar-refractivity contribution in [1.29, 1.82) is 0 Å². The van der Waals surface area contributed by atoms with Gasteiger partial charge in [-0.3, -0.25) is 9.79 Å². The van der Waals surface area contributed by atoms with Gasteiger partial charge in [-0.25, -0.2) is 0 Å². The maximum absolute atomic E-state index is 11.3. The third-order valence-corrected chi connectivity index (χ3v) is 3.90. The molecule has 1 saturated heterocycles. The van der Waals surface area contributed by atoms with Gasteiger partial charge in [0.25, 0.3) is 0 Å². The first-order valence-electron chi connectivity index (χ1n) is 5.07. The van der Waals surface area contributed by atoms with Gasteiger partial charge in [0.05, 0.1) is 5.04 Å². The Hall–Kier alpha value is -0.220. The largest absolute Gasteiger partial charge is 0.342 e. The molecule has 1 aliphatic rings. The average molecular weight is 249 g/mol. The Morgan fingerprint density at radius 1 is 1.53 bits per heavy atom. The molecule has 1 heterocycles. The Morgan fingerprint density at radius 2 is 2.13 bits per heavy atom. The Balaban J connectivity index is 2.45. The standard InChI is InChI=1S/C10H17ClN2OS/c1-12-10(15-2)8-3-5-13(6-4-8)9(14)7-11/h8H,3-7H2,1-2H3. The molecule has 0 N–H and O–H groups in total. The number of rotatable bonds is 2. The number of hydrogen-bond acceptors (Lipinski definition) is 3. The van der Waals surface area contributed by atoms with E-state index in [4.69, 9.17) is 11.6 Å². The molecule has 1 fully saturated rings. The van der Waals surface area contributed by atoms with Crippen LogP contribution in [-0.4, -0.2) is 48.1 Å². The minimum absolute atomic E-state index is 0.0502. The highest BCUT2D eigenvalue weighted by molar-refractivity contribution is 8.13. The van der Waals surface area contributed by atoms with Crippen LogP contribution < -0.4 is 0 Å². The van der Waals surface area contributed by atoms with Gasteiger partial charge in [-0.2, -0.15) is 0 Å². The minimum atomic E-state index is 0.0502. The van der Waals surface area contributed by atoms with Crippen LogP contribution in [0.15, 0.2) is 4.99 Å². The van der Waals surface area contributed by atoms with Crippen molar-refractivity contribution >= 4 is 34.3 Å². The van der Waals surface area contributed by atoms with Crippen LogP contribution in [0.3, 0.4) is 0 Å². The lowest BCUT2D eigenvalue weighted by Gasteiger charge is -2.31. The first-order valence-corrected chi connectivity index (χ1v) is 6.83. The van der Waals surface area contributed by atoms with Crippen molar-refractivity contribution in [3.63, 3.8) is 0 Å². The molecule has 0 radical (unpaired) electrons. The Labute approximate surface area is 100 Å². The lowest BCUT2D eigenvalue weighted by Crippen LogP contribution is -2.40. The van der Waals surface area contributed by atoms with Crippen LogP contribution in [0.2, 0.25) is 0 Å². The monoisotopic (exact) mass is 248 g/mol. The summed E-state index contributed by atoms with van der Waals surface area (Å²) in [6.07, 6.45) is 4.07. The number of piperidine rings is 1. The third kappa shape index (κ3) is 3.38. The highest BCUT2D eigenvalue weighted by Crippen LogP contribution is 2.23.